The predicted molar refractivity (Wildman–Crippen MR) is 74.9 cm³/mol. The van der Waals surface area contributed by atoms with Crippen LogP contribution in [0.25, 0.3) is 0 Å². The lowest BCUT2D eigenvalue weighted by atomic mass is 10.1. The second-order valence-corrected chi connectivity index (χ2v) is 5.00. The maximum absolute atomic E-state index is 13.5. The van der Waals surface area contributed by atoms with Gasteiger partial charge in [0.1, 0.15) is 11.6 Å². The summed E-state index contributed by atoms with van der Waals surface area (Å²) >= 11 is 3.21. The molecule has 0 unspecified atom stereocenters. The highest BCUT2D eigenvalue weighted by Gasteiger charge is 2.11. The lowest BCUT2D eigenvalue weighted by Crippen LogP contribution is -2.13. The Morgan fingerprint density at radius 3 is 2.68 bits per heavy atom. The van der Waals surface area contributed by atoms with Gasteiger partial charge in [0.15, 0.2) is 0 Å². The van der Waals surface area contributed by atoms with Gasteiger partial charge in [-0.05, 0) is 42.8 Å². The SMILES string of the molecule is Cc1ccc(C(=O)Nc2cc(Br)ccc2F)cc1O. The Labute approximate surface area is 118 Å². The molecule has 1 amide bonds. The second kappa shape index (κ2) is 5.40. The van der Waals surface area contributed by atoms with Gasteiger partial charge in [-0.3, -0.25) is 4.79 Å². The van der Waals surface area contributed by atoms with E-state index in [0.29, 0.717) is 10.0 Å². The molecule has 0 heterocycles. The van der Waals surface area contributed by atoms with Crippen LogP contribution in [0.1, 0.15) is 15.9 Å². The highest BCUT2D eigenvalue weighted by Crippen LogP contribution is 2.22. The quantitative estimate of drug-likeness (QED) is 0.881. The largest absolute Gasteiger partial charge is 0.508 e. The van der Waals surface area contributed by atoms with E-state index in [4.69, 9.17) is 0 Å². The van der Waals surface area contributed by atoms with Crippen molar-refractivity contribution in [1.82, 2.24) is 0 Å². The first-order valence-electron chi connectivity index (χ1n) is 5.53. The van der Waals surface area contributed by atoms with Crippen molar-refractivity contribution >= 4 is 27.5 Å². The smallest absolute Gasteiger partial charge is 0.255 e. The highest BCUT2D eigenvalue weighted by atomic mass is 79.9. The van der Waals surface area contributed by atoms with Crippen LogP contribution in [0.2, 0.25) is 0 Å². The Kier molecular flexibility index (Phi) is 3.85. The van der Waals surface area contributed by atoms with Crippen LogP contribution in [0, 0.1) is 12.7 Å². The van der Waals surface area contributed by atoms with Crippen molar-refractivity contribution < 1.29 is 14.3 Å². The van der Waals surface area contributed by atoms with E-state index < -0.39 is 11.7 Å². The molecular weight excluding hydrogens is 313 g/mol. The minimum absolute atomic E-state index is 0.0300. The summed E-state index contributed by atoms with van der Waals surface area (Å²) in [6.07, 6.45) is 0. The van der Waals surface area contributed by atoms with Gasteiger partial charge in [0, 0.05) is 10.0 Å². The van der Waals surface area contributed by atoms with Crippen molar-refractivity contribution in [2.45, 2.75) is 6.92 Å². The number of halogens is 2. The summed E-state index contributed by atoms with van der Waals surface area (Å²) in [4.78, 5) is 11.9. The summed E-state index contributed by atoms with van der Waals surface area (Å²) in [6.45, 7) is 1.73. The molecule has 0 saturated carbocycles. The lowest BCUT2D eigenvalue weighted by Gasteiger charge is -2.08. The first kappa shape index (κ1) is 13.5. The van der Waals surface area contributed by atoms with Crippen LogP contribution in [0.15, 0.2) is 40.9 Å². The van der Waals surface area contributed by atoms with Gasteiger partial charge < -0.3 is 10.4 Å². The number of benzene rings is 2. The summed E-state index contributed by atoms with van der Waals surface area (Å²) in [7, 11) is 0. The van der Waals surface area contributed by atoms with Gasteiger partial charge in [0.25, 0.3) is 5.91 Å². The molecule has 2 aromatic carbocycles. The molecule has 5 heteroatoms. The third kappa shape index (κ3) is 3.12. The topological polar surface area (TPSA) is 49.3 Å². The van der Waals surface area contributed by atoms with Gasteiger partial charge in [0.2, 0.25) is 0 Å². The summed E-state index contributed by atoms with van der Waals surface area (Å²) < 4.78 is 14.2. The molecule has 19 heavy (non-hydrogen) atoms. The molecule has 0 bridgehead atoms. The molecule has 2 N–H and O–H groups in total. The molecule has 0 spiro atoms. The van der Waals surface area contributed by atoms with Crippen LogP contribution in [0.4, 0.5) is 10.1 Å². The molecule has 0 aromatic heterocycles. The molecular formula is C14H11BrFNO2. The number of hydrogen-bond acceptors (Lipinski definition) is 2. The van der Waals surface area contributed by atoms with Crippen molar-refractivity contribution in [3.63, 3.8) is 0 Å². The molecule has 3 nitrogen and oxygen atoms in total. The van der Waals surface area contributed by atoms with Crippen molar-refractivity contribution in [3.8, 4) is 5.75 Å². The van der Waals surface area contributed by atoms with Gasteiger partial charge in [-0.25, -0.2) is 4.39 Å². The molecule has 0 atom stereocenters. The number of anilines is 1. The van der Waals surface area contributed by atoms with E-state index in [1.54, 1.807) is 25.1 Å². The Hall–Kier alpha value is -1.88. The highest BCUT2D eigenvalue weighted by molar-refractivity contribution is 9.10. The molecule has 0 aliphatic carbocycles. The first-order chi connectivity index (χ1) is 8.97. The average Bonchev–Trinajstić information content (AvgIpc) is 2.37. The first-order valence-corrected chi connectivity index (χ1v) is 6.32. The zero-order chi connectivity index (χ0) is 14.0. The van der Waals surface area contributed by atoms with Crippen molar-refractivity contribution in [1.29, 1.82) is 0 Å². The molecule has 2 aromatic rings. The molecule has 0 radical (unpaired) electrons. The van der Waals surface area contributed by atoms with Crippen LogP contribution in [-0.4, -0.2) is 11.0 Å². The Bertz CT molecular complexity index is 643. The van der Waals surface area contributed by atoms with E-state index in [1.165, 1.54) is 18.2 Å². The predicted octanol–water partition coefficient (Wildman–Crippen LogP) is 3.85. The fourth-order valence-corrected chi connectivity index (χ4v) is 1.90. The molecule has 0 fully saturated rings. The minimum atomic E-state index is -0.520. The zero-order valence-corrected chi connectivity index (χ0v) is 11.7. The van der Waals surface area contributed by atoms with Gasteiger partial charge in [-0.1, -0.05) is 22.0 Å². The Balaban J connectivity index is 2.25. The third-order valence-corrected chi connectivity index (χ3v) is 3.14. The number of carbonyl (C=O) groups excluding carboxylic acids is 1. The summed E-state index contributed by atoms with van der Waals surface area (Å²) in [5, 5.41) is 12.0. The van der Waals surface area contributed by atoms with E-state index in [1.807, 2.05) is 0 Å². The maximum atomic E-state index is 13.5. The summed E-state index contributed by atoms with van der Waals surface area (Å²) in [6, 6.07) is 8.82. The van der Waals surface area contributed by atoms with Crippen molar-refractivity contribution in [2.75, 3.05) is 5.32 Å². The normalized spacial score (nSPS) is 10.3. The van der Waals surface area contributed by atoms with E-state index in [0.717, 1.165) is 0 Å². The number of phenols is 1. The lowest BCUT2D eigenvalue weighted by molar-refractivity contribution is 0.102. The Morgan fingerprint density at radius 2 is 2.00 bits per heavy atom. The monoisotopic (exact) mass is 323 g/mol. The summed E-state index contributed by atoms with van der Waals surface area (Å²) in [5.74, 6) is -0.970. The standard InChI is InChI=1S/C14H11BrFNO2/c1-8-2-3-9(6-13(8)18)14(19)17-12-7-10(15)4-5-11(12)16/h2-7,18H,1H3,(H,17,19). The van der Waals surface area contributed by atoms with E-state index >= 15 is 0 Å². The van der Waals surface area contributed by atoms with Crippen molar-refractivity contribution in [2.24, 2.45) is 0 Å². The van der Waals surface area contributed by atoms with Gasteiger partial charge >= 0.3 is 0 Å². The van der Waals surface area contributed by atoms with Crippen LogP contribution in [-0.2, 0) is 0 Å². The number of nitrogens with one attached hydrogen (secondary N) is 1. The summed E-state index contributed by atoms with van der Waals surface area (Å²) in [5.41, 5.74) is 1.02. The number of aryl methyl sites for hydroxylation is 1. The maximum Gasteiger partial charge on any atom is 0.255 e. The molecule has 98 valence electrons. The fourth-order valence-electron chi connectivity index (χ4n) is 1.54. The van der Waals surface area contributed by atoms with Gasteiger partial charge in [-0.15, -0.1) is 0 Å². The molecule has 2 rings (SSSR count). The molecule has 0 aliphatic heterocycles. The number of carbonyl (C=O) groups is 1. The van der Waals surface area contributed by atoms with Crippen LogP contribution in [0.3, 0.4) is 0 Å². The van der Waals surface area contributed by atoms with Crippen molar-refractivity contribution in [3.05, 3.63) is 57.8 Å². The zero-order valence-electron chi connectivity index (χ0n) is 10.1. The number of aromatic hydroxyl groups is 1. The van der Waals surface area contributed by atoms with Gasteiger partial charge in [0.05, 0.1) is 5.69 Å². The fraction of sp³-hybridized carbons (Fsp3) is 0.0714. The minimum Gasteiger partial charge on any atom is -0.508 e. The average molecular weight is 324 g/mol. The van der Waals surface area contributed by atoms with Gasteiger partial charge in [-0.2, -0.15) is 0 Å². The number of phenolic OH excluding ortho intramolecular Hbond substituents is 1. The van der Waals surface area contributed by atoms with Crippen LogP contribution < -0.4 is 5.32 Å². The van der Waals surface area contributed by atoms with Crippen LogP contribution in [0.5, 0.6) is 5.75 Å². The third-order valence-electron chi connectivity index (χ3n) is 2.65. The van der Waals surface area contributed by atoms with E-state index in [9.17, 15) is 14.3 Å². The molecule has 0 aliphatic rings. The number of rotatable bonds is 2. The van der Waals surface area contributed by atoms with E-state index in [2.05, 4.69) is 21.2 Å². The molecule has 0 saturated heterocycles. The van der Waals surface area contributed by atoms with E-state index in [-0.39, 0.29) is 17.0 Å². The number of hydrogen-bond donors (Lipinski definition) is 2. The van der Waals surface area contributed by atoms with Crippen LogP contribution >= 0.6 is 15.9 Å². The Morgan fingerprint density at radius 1 is 1.26 bits per heavy atom. The second-order valence-electron chi connectivity index (χ2n) is 4.08. The number of amides is 1.